The van der Waals surface area contributed by atoms with Gasteiger partial charge in [-0.1, -0.05) is 113 Å². The van der Waals surface area contributed by atoms with Gasteiger partial charge >= 0.3 is 0 Å². The fourth-order valence-electron chi connectivity index (χ4n) is 4.18. The van der Waals surface area contributed by atoms with Gasteiger partial charge in [0, 0.05) is 6.42 Å². The summed E-state index contributed by atoms with van der Waals surface area (Å²) in [5.74, 6) is 0.841. The predicted molar refractivity (Wildman–Crippen MR) is 140 cm³/mol. The summed E-state index contributed by atoms with van der Waals surface area (Å²) in [6.45, 7) is 4.20. The maximum atomic E-state index is 10.1. The molecule has 1 N–H and O–H groups in total. The number of benzene rings is 3. The van der Waals surface area contributed by atoms with Crippen LogP contribution in [0, 0.1) is 0 Å². The summed E-state index contributed by atoms with van der Waals surface area (Å²) in [7, 11) is 0. The monoisotopic (exact) mass is 444 g/mol. The first kappa shape index (κ1) is 25.1. The first-order valence-electron chi connectivity index (χ1n) is 12.8. The zero-order valence-electron chi connectivity index (χ0n) is 20.4. The Balaban J connectivity index is 1.60. The molecule has 176 valence electrons. The Kier molecular flexibility index (Phi) is 10.5. The molecule has 33 heavy (non-hydrogen) atoms. The highest BCUT2D eigenvalue weighted by atomic mass is 16.6. The number of aliphatic hydroxyl groups excluding tert-OH is 1. The molecule has 3 aromatic carbocycles. The molecule has 0 aliphatic rings. The Bertz CT molecular complexity index is 931. The number of hydrogen-bond acceptors (Lipinski definition) is 2. The van der Waals surface area contributed by atoms with Gasteiger partial charge in [-0.3, -0.25) is 0 Å². The van der Waals surface area contributed by atoms with Crippen molar-refractivity contribution in [3.63, 3.8) is 0 Å². The molecule has 2 nitrogen and oxygen atoms in total. The van der Waals surface area contributed by atoms with Crippen molar-refractivity contribution >= 4 is 0 Å². The van der Waals surface area contributed by atoms with E-state index in [0.29, 0.717) is 6.42 Å². The molecule has 0 spiro atoms. The summed E-state index contributed by atoms with van der Waals surface area (Å²) in [4.78, 5) is 0. The molecule has 0 radical (unpaired) electrons. The predicted octanol–water partition coefficient (Wildman–Crippen LogP) is 8.15. The summed E-state index contributed by atoms with van der Waals surface area (Å²) >= 11 is 0. The van der Waals surface area contributed by atoms with Crippen molar-refractivity contribution in [3.05, 3.63) is 89.5 Å². The van der Waals surface area contributed by atoms with Crippen LogP contribution >= 0.6 is 0 Å². The van der Waals surface area contributed by atoms with E-state index in [9.17, 15) is 5.11 Å². The summed E-state index contributed by atoms with van der Waals surface area (Å²) in [5.41, 5.74) is 6.27. The quantitative estimate of drug-likeness (QED) is 0.201. The number of rotatable bonds is 14. The van der Waals surface area contributed by atoms with Crippen LogP contribution in [0.5, 0.6) is 5.75 Å². The zero-order valence-corrected chi connectivity index (χ0v) is 20.4. The topological polar surface area (TPSA) is 29.5 Å². The molecule has 3 aromatic rings. The van der Waals surface area contributed by atoms with Crippen LogP contribution in [0.15, 0.2) is 72.8 Å². The molecule has 0 fully saturated rings. The Labute approximate surface area is 200 Å². The summed E-state index contributed by atoms with van der Waals surface area (Å²) < 4.78 is 5.92. The number of aryl methyl sites for hydroxylation is 3. The first-order valence-corrected chi connectivity index (χ1v) is 12.8. The lowest BCUT2D eigenvalue weighted by Crippen LogP contribution is -2.15. The number of unbranched alkanes of at least 4 members (excludes halogenated alkanes) is 5. The molecule has 0 amide bonds. The molecule has 3 rings (SSSR count). The molecule has 0 saturated heterocycles. The third kappa shape index (κ3) is 8.37. The number of ether oxygens (including phenoxy) is 1. The van der Waals surface area contributed by atoms with E-state index in [-0.39, 0.29) is 0 Å². The van der Waals surface area contributed by atoms with Gasteiger partial charge in [-0.15, -0.1) is 0 Å². The van der Waals surface area contributed by atoms with Crippen LogP contribution in [-0.2, 0) is 19.3 Å². The fraction of sp³-hybridized carbons (Fsp3) is 0.419. The Hall–Kier alpha value is -2.58. The molecule has 0 aromatic heterocycles. The van der Waals surface area contributed by atoms with E-state index in [1.165, 1.54) is 66.3 Å². The van der Waals surface area contributed by atoms with E-state index >= 15 is 0 Å². The van der Waals surface area contributed by atoms with Crippen molar-refractivity contribution in [2.45, 2.75) is 84.3 Å². The van der Waals surface area contributed by atoms with Crippen LogP contribution in [0.25, 0.3) is 11.1 Å². The van der Waals surface area contributed by atoms with Gasteiger partial charge in [-0.2, -0.15) is 0 Å². The largest absolute Gasteiger partial charge is 0.465 e. The van der Waals surface area contributed by atoms with E-state index in [4.69, 9.17) is 4.74 Å². The van der Waals surface area contributed by atoms with E-state index < -0.39 is 6.29 Å². The van der Waals surface area contributed by atoms with E-state index in [1.807, 2.05) is 13.0 Å². The molecule has 0 unspecified atom stereocenters. The van der Waals surface area contributed by atoms with Gasteiger partial charge in [-0.25, -0.2) is 0 Å². The summed E-state index contributed by atoms with van der Waals surface area (Å²) in [6.07, 6.45) is 10.6. The van der Waals surface area contributed by atoms with Gasteiger partial charge in [0.2, 0.25) is 0 Å². The van der Waals surface area contributed by atoms with Crippen LogP contribution in [-0.4, -0.2) is 11.4 Å². The highest BCUT2D eigenvalue weighted by Gasteiger charge is 2.10. The number of hydrogen-bond donors (Lipinski definition) is 1. The second kappa shape index (κ2) is 13.9. The minimum atomic E-state index is -0.752. The van der Waals surface area contributed by atoms with Crippen molar-refractivity contribution in [2.24, 2.45) is 0 Å². The fourth-order valence-corrected chi connectivity index (χ4v) is 4.18. The average Bonchev–Trinajstić information content (AvgIpc) is 2.86. The van der Waals surface area contributed by atoms with E-state index in [1.54, 1.807) is 0 Å². The normalized spacial score (nSPS) is 12.0. The van der Waals surface area contributed by atoms with Crippen molar-refractivity contribution in [2.75, 3.05) is 0 Å². The third-order valence-electron chi connectivity index (χ3n) is 6.31. The van der Waals surface area contributed by atoms with Gasteiger partial charge in [0.05, 0.1) is 0 Å². The van der Waals surface area contributed by atoms with E-state index in [0.717, 1.165) is 25.0 Å². The molecular formula is C31H40O2. The maximum Gasteiger partial charge on any atom is 0.197 e. The lowest BCUT2D eigenvalue weighted by Gasteiger charge is -2.17. The molecule has 2 heteroatoms. The van der Waals surface area contributed by atoms with Gasteiger partial charge in [0.15, 0.2) is 6.29 Å². The lowest BCUT2D eigenvalue weighted by atomic mass is 9.98. The van der Waals surface area contributed by atoms with E-state index in [2.05, 4.69) is 73.7 Å². The molecule has 1 atom stereocenters. The molecule has 0 aliphatic carbocycles. The summed E-state index contributed by atoms with van der Waals surface area (Å²) in [5, 5.41) is 10.1. The first-order chi connectivity index (χ1) is 16.2. The molecular weight excluding hydrogens is 404 g/mol. The third-order valence-corrected chi connectivity index (χ3v) is 6.31. The van der Waals surface area contributed by atoms with Crippen LogP contribution in [0.2, 0.25) is 0 Å². The van der Waals surface area contributed by atoms with Gasteiger partial charge in [-0.05, 0) is 59.6 Å². The SMILES string of the molecule is CCCCCCCCc1ccc(CCc2ccc(-c3ccccc3)cc2)c(O[C@H](O)CC)c1. The van der Waals surface area contributed by atoms with Crippen LogP contribution in [0.3, 0.4) is 0 Å². The van der Waals surface area contributed by atoms with Crippen molar-refractivity contribution < 1.29 is 9.84 Å². The van der Waals surface area contributed by atoms with Crippen LogP contribution in [0.4, 0.5) is 0 Å². The van der Waals surface area contributed by atoms with Gasteiger partial charge in [0.1, 0.15) is 5.75 Å². The highest BCUT2D eigenvalue weighted by molar-refractivity contribution is 5.63. The average molecular weight is 445 g/mol. The second-order valence-electron chi connectivity index (χ2n) is 9.00. The van der Waals surface area contributed by atoms with Crippen molar-refractivity contribution in [3.8, 4) is 16.9 Å². The van der Waals surface area contributed by atoms with Crippen LogP contribution in [0.1, 0.15) is 75.5 Å². The molecule has 0 bridgehead atoms. The molecule has 0 heterocycles. The zero-order chi connectivity index (χ0) is 23.3. The standard InChI is InChI=1S/C31H40O2/c1-3-5-6-7-8-10-13-26-19-23-29(30(24-26)33-31(32)4-2)22-18-25-16-20-28(21-17-25)27-14-11-9-12-15-27/h9,11-12,14-17,19-21,23-24,31-32H,3-8,10,13,18,22H2,1-2H3/t31-/m0/s1. The Morgan fingerprint density at radius 2 is 1.33 bits per heavy atom. The maximum absolute atomic E-state index is 10.1. The Morgan fingerprint density at radius 3 is 2.06 bits per heavy atom. The smallest absolute Gasteiger partial charge is 0.197 e. The van der Waals surface area contributed by atoms with Crippen LogP contribution < -0.4 is 4.74 Å². The molecule has 0 saturated carbocycles. The summed E-state index contributed by atoms with van der Waals surface area (Å²) in [6, 6.07) is 25.9. The van der Waals surface area contributed by atoms with Crippen molar-refractivity contribution in [1.29, 1.82) is 0 Å². The Morgan fingerprint density at radius 1 is 0.667 bits per heavy atom. The van der Waals surface area contributed by atoms with Gasteiger partial charge in [0.25, 0.3) is 0 Å². The lowest BCUT2D eigenvalue weighted by molar-refractivity contribution is -0.0198. The highest BCUT2D eigenvalue weighted by Crippen LogP contribution is 2.26. The second-order valence-corrected chi connectivity index (χ2v) is 9.00. The van der Waals surface area contributed by atoms with Crippen molar-refractivity contribution in [1.82, 2.24) is 0 Å². The number of aliphatic hydroxyl groups is 1. The molecule has 0 aliphatic heterocycles. The minimum Gasteiger partial charge on any atom is -0.465 e. The van der Waals surface area contributed by atoms with Gasteiger partial charge < -0.3 is 9.84 Å². The minimum absolute atomic E-state index is 0.585.